The third-order valence-corrected chi connectivity index (χ3v) is 5.04. The van der Waals surface area contributed by atoms with Crippen molar-refractivity contribution in [1.82, 2.24) is 4.98 Å². The van der Waals surface area contributed by atoms with E-state index in [2.05, 4.69) is 4.98 Å². The first-order valence-corrected chi connectivity index (χ1v) is 8.43. The standard InChI is InChI=1S/C15H17NO3S/c1-2-20(18,19)11-5-9-15(17)13-6-3-8-14-12(13)7-4-10-16-14/h3-4,6-8,10H,2,5,9,11H2,1H3. The first-order valence-electron chi connectivity index (χ1n) is 6.61. The largest absolute Gasteiger partial charge is 0.294 e. The number of sulfone groups is 1. The molecule has 0 bridgehead atoms. The van der Waals surface area contributed by atoms with Gasteiger partial charge in [-0.1, -0.05) is 25.1 Å². The van der Waals surface area contributed by atoms with Gasteiger partial charge in [-0.05, 0) is 18.6 Å². The Hall–Kier alpha value is -1.75. The van der Waals surface area contributed by atoms with Crippen LogP contribution in [0.25, 0.3) is 10.9 Å². The number of hydrogen-bond donors (Lipinski definition) is 0. The third-order valence-electron chi connectivity index (χ3n) is 3.25. The summed E-state index contributed by atoms with van der Waals surface area (Å²) in [6.07, 6.45) is 2.29. The molecule has 5 heteroatoms. The minimum Gasteiger partial charge on any atom is -0.294 e. The SMILES string of the molecule is CCS(=O)(=O)CCCC(=O)c1cccc2ncccc12. The Morgan fingerprint density at radius 1 is 1.20 bits per heavy atom. The Morgan fingerprint density at radius 2 is 2.00 bits per heavy atom. The monoisotopic (exact) mass is 291 g/mol. The summed E-state index contributed by atoms with van der Waals surface area (Å²) in [5, 5.41) is 0.818. The summed E-state index contributed by atoms with van der Waals surface area (Å²) < 4.78 is 22.8. The zero-order valence-corrected chi connectivity index (χ0v) is 12.2. The molecule has 20 heavy (non-hydrogen) atoms. The lowest BCUT2D eigenvalue weighted by Crippen LogP contribution is -2.10. The number of rotatable bonds is 6. The zero-order valence-electron chi connectivity index (χ0n) is 11.4. The van der Waals surface area contributed by atoms with Crippen molar-refractivity contribution in [2.24, 2.45) is 0 Å². The molecule has 0 aliphatic heterocycles. The van der Waals surface area contributed by atoms with Crippen molar-refractivity contribution in [3.05, 3.63) is 42.1 Å². The predicted molar refractivity (Wildman–Crippen MR) is 79.6 cm³/mol. The van der Waals surface area contributed by atoms with Crippen LogP contribution in [0, 0.1) is 0 Å². The van der Waals surface area contributed by atoms with Crippen molar-refractivity contribution in [2.75, 3.05) is 11.5 Å². The molecule has 0 atom stereocenters. The van der Waals surface area contributed by atoms with Crippen LogP contribution < -0.4 is 0 Å². The molecular formula is C15H17NO3S. The van der Waals surface area contributed by atoms with E-state index in [9.17, 15) is 13.2 Å². The van der Waals surface area contributed by atoms with E-state index in [-0.39, 0.29) is 23.7 Å². The maximum Gasteiger partial charge on any atom is 0.163 e. The van der Waals surface area contributed by atoms with Gasteiger partial charge in [-0.2, -0.15) is 0 Å². The van der Waals surface area contributed by atoms with E-state index in [0.717, 1.165) is 10.9 Å². The van der Waals surface area contributed by atoms with E-state index >= 15 is 0 Å². The molecule has 0 unspecified atom stereocenters. The fourth-order valence-electron chi connectivity index (χ4n) is 2.08. The fourth-order valence-corrected chi connectivity index (χ4v) is 2.95. The van der Waals surface area contributed by atoms with Gasteiger partial charge in [-0.15, -0.1) is 0 Å². The molecule has 4 nitrogen and oxygen atoms in total. The number of pyridine rings is 1. The molecule has 0 saturated heterocycles. The smallest absolute Gasteiger partial charge is 0.163 e. The van der Waals surface area contributed by atoms with Crippen LogP contribution in [-0.2, 0) is 9.84 Å². The van der Waals surface area contributed by atoms with Crippen LogP contribution in [0.1, 0.15) is 30.1 Å². The van der Waals surface area contributed by atoms with Gasteiger partial charge in [0, 0.05) is 29.3 Å². The lowest BCUT2D eigenvalue weighted by Gasteiger charge is -2.05. The topological polar surface area (TPSA) is 64.1 Å². The zero-order chi connectivity index (χ0) is 14.6. The van der Waals surface area contributed by atoms with Gasteiger partial charge in [0.25, 0.3) is 0 Å². The summed E-state index contributed by atoms with van der Waals surface area (Å²) in [5.74, 6) is 0.160. The quantitative estimate of drug-likeness (QED) is 0.767. The van der Waals surface area contributed by atoms with E-state index in [0.29, 0.717) is 12.0 Å². The van der Waals surface area contributed by atoms with Crippen LogP contribution in [-0.4, -0.2) is 30.7 Å². The van der Waals surface area contributed by atoms with E-state index < -0.39 is 9.84 Å². The second-order valence-electron chi connectivity index (χ2n) is 4.64. The minimum absolute atomic E-state index is 0.0325. The number of benzene rings is 1. The van der Waals surface area contributed by atoms with Crippen molar-refractivity contribution in [2.45, 2.75) is 19.8 Å². The van der Waals surface area contributed by atoms with Crippen LogP contribution in [0.3, 0.4) is 0 Å². The second kappa shape index (κ2) is 6.13. The summed E-state index contributed by atoms with van der Waals surface area (Å²) >= 11 is 0. The molecule has 1 aromatic carbocycles. The van der Waals surface area contributed by atoms with Crippen molar-refractivity contribution in [1.29, 1.82) is 0 Å². The Labute approximate surface area is 118 Å². The molecule has 0 amide bonds. The number of carbonyl (C=O) groups excluding carboxylic acids is 1. The van der Waals surface area contributed by atoms with Crippen molar-refractivity contribution in [3.8, 4) is 0 Å². The van der Waals surface area contributed by atoms with Gasteiger partial charge in [0.15, 0.2) is 5.78 Å². The molecule has 0 saturated carbocycles. The van der Waals surface area contributed by atoms with E-state index in [1.165, 1.54) is 0 Å². The van der Waals surface area contributed by atoms with E-state index in [1.807, 2.05) is 12.1 Å². The average molecular weight is 291 g/mol. The average Bonchev–Trinajstić information content (AvgIpc) is 2.46. The van der Waals surface area contributed by atoms with E-state index in [1.54, 1.807) is 31.3 Å². The molecule has 0 spiro atoms. The number of hydrogen-bond acceptors (Lipinski definition) is 4. The highest BCUT2D eigenvalue weighted by molar-refractivity contribution is 7.91. The Bertz CT molecular complexity index is 717. The lowest BCUT2D eigenvalue weighted by atomic mass is 10.0. The highest BCUT2D eigenvalue weighted by atomic mass is 32.2. The highest BCUT2D eigenvalue weighted by Gasteiger charge is 2.12. The maximum absolute atomic E-state index is 12.2. The molecule has 0 aliphatic rings. The van der Waals surface area contributed by atoms with Gasteiger partial charge in [0.05, 0.1) is 11.3 Å². The number of carbonyl (C=O) groups is 1. The lowest BCUT2D eigenvalue weighted by molar-refractivity contribution is 0.0983. The first kappa shape index (κ1) is 14.7. The molecule has 1 heterocycles. The van der Waals surface area contributed by atoms with Crippen molar-refractivity contribution >= 4 is 26.5 Å². The molecule has 2 rings (SSSR count). The van der Waals surface area contributed by atoms with Crippen LogP contribution in [0.2, 0.25) is 0 Å². The van der Waals surface area contributed by atoms with Crippen molar-refractivity contribution in [3.63, 3.8) is 0 Å². The van der Waals surface area contributed by atoms with Gasteiger partial charge < -0.3 is 0 Å². The van der Waals surface area contributed by atoms with Crippen LogP contribution in [0.15, 0.2) is 36.5 Å². The molecular weight excluding hydrogens is 274 g/mol. The molecule has 2 aromatic rings. The minimum atomic E-state index is -3.00. The normalized spacial score (nSPS) is 11.7. The molecule has 106 valence electrons. The molecule has 0 N–H and O–H groups in total. The third kappa shape index (κ3) is 3.42. The first-order chi connectivity index (χ1) is 9.53. The second-order valence-corrected chi connectivity index (χ2v) is 7.11. The summed E-state index contributed by atoms with van der Waals surface area (Å²) in [6.45, 7) is 1.62. The number of fused-ring (bicyclic) bond motifs is 1. The molecule has 0 fully saturated rings. The highest BCUT2D eigenvalue weighted by Crippen LogP contribution is 2.18. The van der Waals surface area contributed by atoms with Gasteiger partial charge in [-0.25, -0.2) is 8.42 Å². The van der Waals surface area contributed by atoms with Gasteiger partial charge >= 0.3 is 0 Å². The Balaban J connectivity index is 2.12. The van der Waals surface area contributed by atoms with Gasteiger partial charge in [0.1, 0.15) is 9.84 Å². The maximum atomic E-state index is 12.2. The molecule has 1 aromatic heterocycles. The summed E-state index contributed by atoms with van der Waals surface area (Å²) in [6, 6.07) is 9.07. The van der Waals surface area contributed by atoms with Gasteiger partial charge in [0.2, 0.25) is 0 Å². The Morgan fingerprint density at radius 3 is 2.75 bits per heavy atom. The fraction of sp³-hybridized carbons (Fsp3) is 0.333. The van der Waals surface area contributed by atoms with Crippen LogP contribution in [0.5, 0.6) is 0 Å². The number of nitrogens with zero attached hydrogens (tertiary/aromatic N) is 1. The molecule has 0 radical (unpaired) electrons. The van der Waals surface area contributed by atoms with E-state index in [4.69, 9.17) is 0 Å². The summed E-state index contributed by atoms with van der Waals surface area (Å²) in [5.41, 5.74) is 1.39. The van der Waals surface area contributed by atoms with Crippen LogP contribution >= 0.6 is 0 Å². The van der Waals surface area contributed by atoms with Crippen molar-refractivity contribution < 1.29 is 13.2 Å². The number of aromatic nitrogens is 1. The Kier molecular flexibility index (Phi) is 4.49. The number of ketones is 1. The van der Waals surface area contributed by atoms with Gasteiger partial charge in [-0.3, -0.25) is 9.78 Å². The van der Waals surface area contributed by atoms with Crippen LogP contribution in [0.4, 0.5) is 0 Å². The summed E-state index contributed by atoms with van der Waals surface area (Å²) in [4.78, 5) is 16.4. The number of Topliss-reactive ketones (excluding diaryl/α,β-unsaturated/α-hetero) is 1. The molecule has 0 aliphatic carbocycles. The summed E-state index contributed by atoms with van der Waals surface area (Å²) in [7, 11) is -3.00. The predicted octanol–water partition coefficient (Wildman–Crippen LogP) is 2.63.